The van der Waals surface area contributed by atoms with Crippen LogP contribution in [-0.4, -0.2) is 252 Å². The molecule has 33 heteroatoms. The minimum atomic E-state index is -1.73. The number of carboxylic acids is 2. The van der Waals surface area contributed by atoms with Crippen molar-refractivity contribution in [2.24, 2.45) is 10.7 Å². The number of aliphatic imine (C=N–C) groups is 1. The molecular formula is C51H84N12O21. The summed E-state index contributed by atoms with van der Waals surface area (Å²) < 4.78 is 26.4. The Bertz CT molecular complexity index is 2200. The minimum absolute atomic E-state index is 0.00760. The summed E-state index contributed by atoms with van der Waals surface area (Å²) in [7, 11) is 1.33. The van der Waals surface area contributed by atoms with Gasteiger partial charge in [-0.3, -0.25) is 72.2 Å². The lowest BCUT2D eigenvalue weighted by Gasteiger charge is -2.27. The fourth-order valence-corrected chi connectivity index (χ4v) is 7.22. The van der Waals surface area contributed by atoms with Gasteiger partial charge in [0.25, 0.3) is 0 Å². The highest BCUT2D eigenvalue weighted by atomic mass is 16.5. The Morgan fingerprint density at radius 3 is 1.71 bits per heavy atom. The van der Waals surface area contributed by atoms with Gasteiger partial charge in [0.05, 0.1) is 65.8 Å². The van der Waals surface area contributed by atoms with E-state index in [1.807, 2.05) is 13.8 Å². The van der Waals surface area contributed by atoms with Crippen LogP contribution in [0.1, 0.15) is 78.1 Å². The SMILES string of the molecule is CCCC[C@H](NC(=O)[C@H](CNC(=O)CN(CC(=O)O)CC(=O)O)NC(=O)[C@H](CC1=CCC=N1)NC(=O)[C@H](CCC(N)=O)NC(=O)[C@H](CO)NC(=O)CNC(=O)COCCOCCNC(=O)COCCOCCCC(=O)COCCC)C(=O)NC. The van der Waals surface area contributed by atoms with Crippen molar-refractivity contribution in [2.75, 3.05) is 119 Å². The van der Waals surface area contributed by atoms with E-state index in [-0.39, 0.29) is 77.3 Å². The first kappa shape index (κ1) is 74.5. The summed E-state index contributed by atoms with van der Waals surface area (Å²) in [6.07, 6.45) is 5.17. The van der Waals surface area contributed by atoms with Crippen molar-refractivity contribution in [1.29, 1.82) is 0 Å². The van der Waals surface area contributed by atoms with Gasteiger partial charge in [-0.25, -0.2) is 0 Å². The van der Waals surface area contributed by atoms with Crippen LogP contribution in [0.2, 0.25) is 0 Å². The number of hydrogen-bond donors (Lipinski definition) is 13. The number of ether oxygens (including phenoxy) is 5. The maximum Gasteiger partial charge on any atom is 0.317 e. The maximum atomic E-state index is 14.2. The second-order valence-electron chi connectivity index (χ2n) is 18.6. The van der Waals surface area contributed by atoms with Crippen LogP contribution < -0.4 is 53.6 Å². The molecule has 0 aliphatic carbocycles. The number of likely N-dealkylation sites (N-methyl/N-ethyl adjacent to an activating group) is 1. The van der Waals surface area contributed by atoms with E-state index in [2.05, 4.69) is 52.8 Å². The molecule has 0 spiro atoms. The molecule has 0 aromatic rings. The lowest BCUT2D eigenvalue weighted by Crippen LogP contribution is -2.61. The molecule has 84 heavy (non-hydrogen) atoms. The van der Waals surface area contributed by atoms with Gasteiger partial charge in [-0.2, -0.15) is 0 Å². The summed E-state index contributed by atoms with van der Waals surface area (Å²) in [5, 5.41) is 50.0. The number of primary amides is 1. The van der Waals surface area contributed by atoms with E-state index >= 15 is 0 Å². The quantitative estimate of drug-likeness (QED) is 0.0252. The average molecular weight is 1200 g/mol. The largest absolute Gasteiger partial charge is 0.480 e. The molecule has 14 N–H and O–H groups in total. The summed E-state index contributed by atoms with van der Waals surface area (Å²) in [4.78, 5) is 170. The Morgan fingerprint density at radius 1 is 0.571 bits per heavy atom. The van der Waals surface area contributed by atoms with Gasteiger partial charge < -0.3 is 92.6 Å². The van der Waals surface area contributed by atoms with E-state index in [4.69, 9.17) is 29.4 Å². The van der Waals surface area contributed by atoms with Gasteiger partial charge >= 0.3 is 11.9 Å². The van der Waals surface area contributed by atoms with Crippen LogP contribution in [0.5, 0.6) is 0 Å². The normalized spacial score (nSPS) is 13.4. The molecule has 5 atom stereocenters. The molecule has 474 valence electrons. The van der Waals surface area contributed by atoms with E-state index < -0.39 is 154 Å². The molecule has 0 bridgehead atoms. The first-order valence-corrected chi connectivity index (χ1v) is 27.3. The number of ketones is 1. The fourth-order valence-electron chi connectivity index (χ4n) is 7.22. The summed E-state index contributed by atoms with van der Waals surface area (Å²) in [5.41, 5.74) is 5.64. The molecule has 0 saturated heterocycles. The number of carbonyl (C=O) groups is 13. The van der Waals surface area contributed by atoms with Crippen molar-refractivity contribution in [2.45, 2.75) is 108 Å². The first-order valence-electron chi connectivity index (χ1n) is 27.3. The van der Waals surface area contributed by atoms with Crippen LogP contribution in [0, 0.1) is 0 Å². The lowest BCUT2D eigenvalue weighted by atomic mass is 10.1. The van der Waals surface area contributed by atoms with Crippen molar-refractivity contribution < 1.29 is 101 Å². The monoisotopic (exact) mass is 1200 g/mol. The van der Waals surface area contributed by atoms with Crippen LogP contribution in [0.3, 0.4) is 0 Å². The standard InChI is InChI=1S/C51H84N12O21/c1-4-6-11-35(47(75)53-3)59-50(78)38(24-56-42(68)26-63(27-45(71)72)28-46(73)74)62-49(77)37(23-33-9-7-14-54-33)61-48(76)36(12-13-40(52)66)60-51(79)39(29-64)58-41(67)25-57-44(70)32-84-22-20-81-18-15-55-43(69)31-83-21-19-80-17-8-10-34(65)30-82-16-5-2/h9,14,35-39,64H,4-8,10-13,15-32H2,1-3H3,(H2,52,66)(H,53,75)(H,55,69)(H,56,68)(H,57,70)(H,58,67)(H,59,78)(H,60,79)(H,61,76)(H,62,77)(H,71,72)(H,73,74)/t35-,36-,37-,38-,39-/m0/s1. The zero-order valence-electron chi connectivity index (χ0n) is 47.8. The van der Waals surface area contributed by atoms with Crippen LogP contribution >= 0.6 is 0 Å². The van der Waals surface area contributed by atoms with Gasteiger partial charge in [0.15, 0.2) is 5.78 Å². The molecule has 0 unspecified atom stereocenters. The van der Waals surface area contributed by atoms with Crippen molar-refractivity contribution in [3.63, 3.8) is 0 Å². The van der Waals surface area contributed by atoms with Crippen molar-refractivity contribution in [1.82, 2.24) is 52.8 Å². The van der Waals surface area contributed by atoms with Crippen LogP contribution in [0.4, 0.5) is 0 Å². The van der Waals surface area contributed by atoms with Crippen LogP contribution in [0.15, 0.2) is 16.8 Å². The molecule has 33 nitrogen and oxygen atoms in total. The van der Waals surface area contributed by atoms with E-state index in [1.54, 1.807) is 6.08 Å². The molecule has 1 rings (SSSR count). The minimum Gasteiger partial charge on any atom is -0.480 e. The number of aliphatic hydroxyl groups is 1. The Morgan fingerprint density at radius 2 is 1.13 bits per heavy atom. The Balaban J connectivity index is 2.87. The number of aliphatic carboxylic acids is 2. The topological polar surface area (TPSA) is 479 Å². The molecule has 10 amide bonds. The third kappa shape index (κ3) is 36.1. The van der Waals surface area contributed by atoms with Crippen molar-refractivity contribution >= 4 is 83.0 Å². The number of carboxylic acid groups (broad SMARTS) is 2. The smallest absolute Gasteiger partial charge is 0.317 e. The zero-order valence-corrected chi connectivity index (χ0v) is 47.8. The third-order valence-corrected chi connectivity index (χ3v) is 11.4. The second-order valence-corrected chi connectivity index (χ2v) is 18.6. The Kier molecular flexibility index (Phi) is 39.8. The molecule has 1 aliphatic heterocycles. The summed E-state index contributed by atoms with van der Waals surface area (Å²) in [5.74, 6) is -11.7. The van der Waals surface area contributed by atoms with E-state index in [1.165, 1.54) is 13.3 Å². The molecule has 0 aromatic heterocycles. The van der Waals surface area contributed by atoms with E-state index in [9.17, 15) is 77.6 Å². The third-order valence-electron chi connectivity index (χ3n) is 11.4. The number of unbranched alkanes of at least 4 members (excludes halogenated alkanes) is 1. The number of Topliss-reactive ketones (excluding diaryl/α,β-unsaturated/α-hetero) is 1. The van der Waals surface area contributed by atoms with Gasteiger partial charge in [0, 0.05) is 70.9 Å². The molecule has 0 saturated carbocycles. The maximum absolute atomic E-state index is 14.2. The Hall–Kier alpha value is -7.56. The number of nitrogens with two attached hydrogens (primary N) is 1. The summed E-state index contributed by atoms with van der Waals surface area (Å²) >= 11 is 0. The van der Waals surface area contributed by atoms with Crippen LogP contribution in [-0.2, 0) is 86.0 Å². The predicted molar refractivity (Wildman–Crippen MR) is 294 cm³/mol. The van der Waals surface area contributed by atoms with E-state index in [0.717, 1.165) is 11.3 Å². The van der Waals surface area contributed by atoms with Crippen LogP contribution in [0.25, 0.3) is 0 Å². The van der Waals surface area contributed by atoms with Gasteiger partial charge in [-0.1, -0.05) is 32.8 Å². The number of amides is 10. The highest BCUT2D eigenvalue weighted by Crippen LogP contribution is 2.14. The number of hydrogen-bond acceptors (Lipinski definition) is 21. The number of nitrogens with zero attached hydrogens (tertiary/aromatic N) is 2. The van der Waals surface area contributed by atoms with Crippen molar-refractivity contribution in [3.8, 4) is 0 Å². The van der Waals surface area contributed by atoms with Gasteiger partial charge in [-0.15, -0.1) is 0 Å². The highest BCUT2D eigenvalue weighted by molar-refractivity contribution is 5.97. The van der Waals surface area contributed by atoms with Gasteiger partial charge in [0.1, 0.15) is 50.0 Å². The Labute approximate surface area is 485 Å². The first-order chi connectivity index (χ1) is 40.1. The summed E-state index contributed by atoms with van der Waals surface area (Å²) in [6.45, 7) is -0.0643. The number of carbonyl (C=O) groups excluding carboxylic acids is 11. The van der Waals surface area contributed by atoms with Gasteiger partial charge in [0.2, 0.25) is 59.1 Å². The zero-order chi connectivity index (χ0) is 62.7. The molecular weight excluding hydrogens is 1120 g/mol. The highest BCUT2D eigenvalue weighted by Gasteiger charge is 2.34. The number of allylic oxidation sites excluding steroid dienone is 1. The fraction of sp³-hybridized carbons (Fsp3) is 0.686. The average Bonchev–Trinajstić information content (AvgIpc) is 4.12. The lowest BCUT2D eigenvalue weighted by molar-refractivity contribution is -0.142. The molecule has 0 aromatic carbocycles. The second kappa shape index (κ2) is 44.9. The van der Waals surface area contributed by atoms with Crippen molar-refractivity contribution in [3.05, 3.63) is 11.8 Å². The number of nitrogens with one attached hydrogen (secondary N) is 9. The molecule has 1 heterocycles. The molecule has 0 fully saturated rings. The molecule has 1 aliphatic rings. The van der Waals surface area contributed by atoms with E-state index in [0.29, 0.717) is 51.0 Å². The number of aliphatic hydroxyl groups excluding tert-OH is 1. The van der Waals surface area contributed by atoms with Gasteiger partial charge in [-0.05, 0) is 25.7 Å². The predicted octanol–water partition coefficient (Wildman–Crippen LogP) is -5.99. The molecule has 0 radical (unpaired) electrons. The summed E-state index contributed by atoms with van der Waals surface area (Å²) in [6, 6.07) is -7.85. The number of rotatable bonds is 50.